The van der Waals surface area contributed by atoms with E-state index in [1.807, 2.05) is 0 Å². The molecule has 0 unspecified atom stereocenters. The summed E-state index contributed by atoms with van der Waals surface area (Å²) in [6, 6.07) is -0.130. The van der Waals surface area contributed by atoms with Crippen LogP contribution in [0.4, 0.5) is 4.79 Å². The van der Waals surface area contributed by atoms with Gasteiger partial charge in [0.15, 0.2) is 0 Å². The average Bonchev–Trinajstić information content (AvgIpc) is 2.27. The standard InChI is InChI=1S/C11H20N2O4/c14-9-5-3-8(4-6-9)13-11(17)12-7-1-2-10(15)16/h8-9,14H,1-7H2,(H,15,16)(H2,12,13,17). The van der Waals surface area contributed by atoms with Crippen LogP contribution in [0.25, 0.3) is 0 Å². The number of carboxylic acids is 1. The molecule has 0 atom stereocenters. The number of amides is 2. The minimum absolute atomic E-state index is 0.0654. The molecule has 1 fully saturated rings. The molecule has 0 bridgehead atoms. The molecule has 6 nitrogen and oxygen atoms in total. The van der Waals surface area contributed by atoms with Crippen LogP contribution in [-0.2, 0) is 4.79 Å². The number of aliphatic hydroxyl groups excluding tert-OH is 1. The summed E-state index contributed by atoms with van der Waals surface area (Å²) in [6.07, 6.45) is 3.32. The van der Waals surface area contributed by atoms with Gasteiger partial charge in [-0.05, 0) is 32.1 Å². The van der Waals surface area contributed by atoms with Crippen LogP contribution >= 0.6 is 0 Å². The maximum Gasteiger partial charge on any atom is 0.315 e. The lowest BCUT2D eigenvalue weighted by Crippen LogP contribution is -2.44. The summed E-state index contributed by atoms with van der Waals surface area (Å²) in [5, 5.41) is 23.2. The Kier molecular flexibility index (Phi) is 5.76. The van der Waals surface area contributed by atoms with Crippen LogP contribution in [-0.4, -0.2) is 40.9 Å². The van der Waals surface area contributed by atoms with Gasteiger partial charge in [-0.3, -0.25) is 4.79 Å². The van der Waals surface area contributed by atoms with Crippen molar-refractivity contribution in [2.75, 3.05) is 6.54 Å². The highest BCUT2D eigenvalue weighted by atomic mass is 16.4. The van der Waals surface area contributed by atoms with Crippen molar-refractivity contribution < 1.29 is 19.8 Å². The molecule has 0 aliphatic heterocycles. The zero-order valence-electron chi connectivity index (χ0n) is 9.82. The zero-order valence-corrected chi connectivity index (χ0v) is 9.82. The Morgan fingerprint density at radius 3 is 2.41 bits per heavy atom. The van der Waals surface area contributed by atoms with E-state index in [1.54, 1.807) is 0 Å². The van der Waals surface area contributed by atoms with Crippen molar-refractivity contribution in [3.05, 3.63) is 0 Å². The van der Waals surface area contributed by atoms with Gasteiger partial charge >= 0.3 is 12.0 Å². The van der Waals surface area contributed by atoms with Crippen LogP contribution in [0, 0.1) is 0 Å². The van der Waals surface area contributed by atoms with Crippen molar-refractivity contribution in [1.82, 2.24) is 10.6 Å². The van der Waals surface area contributed by atoms with Gasteiger partial charge in [0.1, 0.15) is 0 Å². The van der Waals surface area contributed by atoms with Crippen LogP contribution in [0.5, 0.6) is 0 Å². The Morgan fingerprint density at radius 2 is 1.82 bits per heavy atom. The number of hydrogen-bond acceptors (Lipinski definition) is 3. The molecule has 0 aromatic rings. The third kappa shape index (κ3) is 6.11. The fraction of sp³-hybridized carbons (Fsp3) is 0.818. The Labute approximate surface area is 100 Å². The molecular formula is C11H20N2O4. The lowest BCUT2D eigenvalue weighted by Gasteiger charge is -2.26. The maximum absolute atomic E-state index is 11.4. The Bertz CT molecular complexity index is 262. The van der Waals surface area contributed by atoms with E-state index in [0.29, 0.717) is 13.0 Å². The lowest BCUT2D eigenvalue weighted by atomic mass is 9.93. The van der Waals surface area contributed by atoms with E-state index >= 15 is 0 Å². The Hall–Kier alpha value is -1.30. The van der Waals surface area contributed by atoms with Crippen LogP contribution in [0.1, 0.15) is 38.5 Å². The largest absolute Gasteiger partial charge is 0.481 e. The lowest BCUT2D eigenvalue weighted by molar-refractivity contribution is -0.137. The van der Waals surface area contributed by atoms with E-state index < -0.39 is 5.97 Å². The third-order valence-corrected chi connectivity index (χ3v) is 2.88. The van der Waals surface area contributed by atoms with Gasteiger partial charge in [-0.25, -0.2) is 4.79 Å². The van der Waals surface area contributed by atoms with Gasteiger partial charge in [0.25, 0.3) is 0 Å². The van der Waals surface area contributed by atoms with E-state index in [1.165, 1.54) is 0 Å². The van der Waals surface area contributed by atoms with Gasteiger partial charge in [0.05, 0.1) is 6.10 Å². The minimum atomic E-state index is -0.853. The summed E-state index contributed by atoms with van der Waals surface area (Å²) in [4.78, 5) is 21.6. The number of aliphatic carboxylic acids is 1. The van der Waals surface area contributed by atoms with Crippen molar-refractivity contribution in [3.8, 4) is 0 Å². The number of carboxylic acid groups (broad SMARTS) is 1. The number of hydrogen-bond donors (Lipinski definition) is 4. The van der Waals surface area contributed by atoms with Gasteiger partial charge in [-0.2, -0.15) is 0 Å². The highest BCUT2D eigenvalue weighted by Gasteiger charge is 2.20. The van der Waals surface area contributed by atoms with Crippen LogP contribution in [0.15, 0.2) is 0 Å². The fourth-order valence-corrected chi connectivity index (χ4v) is 1.90. The second-order valence-corrected chi connectivity index (χ2v) is 4.40. The monoisotopic (exact) mass is 244 g/mol. The quantitative estimate of drug-likeness (QED) is 0.528. The van der Waals surface area contributed by atoms with Gasteiger partial charge in [0, 0.05) is 19.0 Å². The molecule has 0 aromatic carbocycles. The first-order chi connectivity index (χ1) is 8.08. The summed E-state index contributed by atoms with van der Waals surface area (Å²) in [7, 11) is 0. The Morgan fingerprint density at radius 1 is 1.18 bits per heavy atom. The first-order valence-electron chi connectivity index (χ1n) is 6.02. The molecule has 0 spiro atoms. The van der Waals surface area contributed by atoms with Crippen molar-refractivity contribution in [2.24, 2.45) is 0 Å². The molecular weight excluding hydrogens is 224 g/mol. The normalized spacial score (nSPS) is 24.1. The number of carbonyl (C=O) groups excluding carboxylic acids is 1. The summed E-state index contributed by atoms with van der Waals surface area (Å²) in [5.74, 6) is -0.853. The second kappa shape index (κ2) is 7.11. The molecule has 2 amide bonds. The maximum atomic E-state index is 11.4. The molecule has 0 radical (unpaired) electrons. The van der Waals surface area contributed by atoms with E-state index in [4.69, 9.17) is 5.11 Å². The number of nitrogens with one attached hydrogen (secondary N) is 2. The highest BCUT2D eigenvalue weighted by Crippen LogP contribution is 2.17. The molecule has 6 heteroatoms. The van der Waals surface area contributed by atoms with Crippen LogP contribution in [0.3, 0.4) is 0 Å². The highest BCUT2D eigenvalue weighted by molar-refractivity contribution is 5.74. The third-order valence-electron chi connectivity index (χ3n) is 2.88. The van der Waals surface area contributed by atoms with Crippen molar-refractivity contribution in [1.29, 1.82) is 0 Å². The van der Waals surface area contributed by atoms with Crippen molar-refractivity contribution in [3.63, 3.8) is 0 Å². The molecule has 1 rings (SSSR count). The van der Waals surface area contributed by atoms with Gasteiger partial charge in [-0.1, -0.05) is 0 Å². The van der Waals surface area contributed by atoms with Gasteiger partial charge in [0.2, 0.25) is 0 Å². The van der Waals surface area contributed by atoms with E-state index in [9.17, 15) is 14.7 Å². The summed E-state index contributed by atoms with van der Waals surface area (Å²) in [6.45, 7) is 0.369. The molecule has 0 heterocycles. The zero-order chi connectivity index (χ0) is 12.7. The minimum Gasteiger partial charge on any atom is -0.481 e. The smallest absolute Gasteiger partial charge is 0.315 e. The molecule has 4 N–H and O–H groups in total. The van der Waals surface area contributed by atoms with Crippen LogP contribution in [0.2, 0.25) is 0 Å². The molecule has 17 heavy (non-hydrogen) atoms. The molecule has 98 valence electrons. The van der Waals surface area contributed by atoms with Gasteiger partial charge < -0.3 is 20.8 Å². The second-order valence-electron chi connectivity index (χ2n) is 4.40. The predicted molar refractivity (Wildman–Crippen MR) is 61.7 cm³/mol. The average molecular weight is 244 g/mol. The summed E-state index contributed by atoms with van der Waals surface area (Å²) >= 11 is 0. The van der Waals surface area contributed by atoms with Crippen LogP contribution < -0.4 is 10.6 Å². The summed E-state index contributed by atoms with van der Waals surface area (Å²) < 4.78 is 0. The van der Waals surface area contributed by atoms with E-state index in [0.717, 1.165) is 25.7 Å². The predicted octanol–water partition coefficient (Wildman–Crippen LogP) is 0.454. The molecule has 0 aromatic heterocycles. The van der Waals surface area contributed by atoms with Crippen molar-refractivity contribution in [2.45, 2.75) is 50.7 Å². The first kappa shape index (κ1) is 13.8. The number of carbonyl (C=O) groups is 2. The van der Waals surface area contributed by atoms with Gasteiger partial charge in [-0.15, -0.1) is 0 Å². The van der Waals surface area contributed by atoms with E-state index in [2.05, 4.69) is 10.6 Å². The van der Waals surface area contributed by atoms with Crippen molar-refractivity contribution >= 4 is 12.0 Å². The molecule has 1 aliphatic carbocycles. The summed E-state index contributed by atoms with van der Waals surface area (Å²) in [5.41, 5.74) is 0. The molecule has 0 saturated heterocycles. The fourth-order valence-electron chi connectivity index (χ4n) is 1.90. The molecule has 1 aliphatic rings. The van der Waals surface area contributed by atoms with E-state index in [-0.39, 0.29) is 24.6 Å². The first-order valence-corrected chi connectivity index (χ1v) is 6.02. The number of aliphatic hydroxyl groups is 1. The number of urea groups is 1. The topological polar surface area (TPSA) is 98.7 Å². The SMILES string of the molecule is O=C(O)CCCNC(=O)NC1CCC(O)CC1. The number of rotatable bonds is 5. The molecule has 1 saturated carbocycles. The Balaban J connectivity index is 2.06.